The SMILES string of the molecule is COc1ccc(OCC(O)CNC2CCCC2CO)cc1. The normalized spacial score (nSPS) is 23.0. The van der Waals surface area contributed by atoms with Crippen molar-refractivity contribution in [2.45, 2.75) is 31.4 Å². The number of aliphatic hydroxyl groups excluding tert-OH is 2. The molecule has 5 nitrogen and oxygen atoms in total. The Kier molecular flexibility index (Phi) is 6.29. The second-order valence-corrected chi connectivity index (χ2v) is 5.53. The molecule has 1 aliphatic rings. The van der Waals surface area contributed by atoms with Gasteiger partial charge in [-0.3, -0.25) is 0 Å². The van der Waals surface area contributed by atoms with Crippen molar-refractivity contribution >= 4 is 0 Å². The summed E-state index contributed by atoms with van der Waals surface area (Å²) in [5.74, 6) is 1.81. The van der Waals surface area contributed by atoms with E-state index in [9.17, 15) is 10.2 Å². The molecule has 1 saturated carbocycles. The summed E-state index contributed by atoms with van der Waals surface area (Å²) in [5, 5.41) is 22.5. The van der Waals surface area contributed by atoms with Crippen molar-refractivity contribution in [1.82, 2.24) is 5.32 Å². The van der Waals surface area contributed by atoms with Crippen molar-refractivity contribution in [3.63, 3.8) is 0 Å². The van der Waals surface area contributed by atoms with Crippen LogP contribution in [0.1, 0.15) is 19.3 Å². The van der Waals surface area contributed by atoms with Gasteiger partial charge in [0.1, 0.15) is 24.2 Å². The molecule has 3 atom stereocenters. The predicted octanol–water partition coefficient (Wildman–Crippen LogP) is 1.19. The van der Waals surface area contributed by atoms with Gasteiger partial charge >= 0.3 is 0 Å². The number of hydrogen-bond donors (Lipinski definition) is 3. The summed E-state index contributed by atoms with van der Waals surface area (Å²) in [7, 11) is 1.62. The van der Waals surface area contributed by atoms with E-state index < -0.39 is 6.10 Å². The fourth-order valence-corrected chi connectivity index (χ4v) is 2.73. The molecule has 1 aliphatic carbocycles. The molecule has 1 aromatic carbocycles. The lowest BCUT2D eigenvalue weighted by molar-refractivity contribution is 0.0992. The molecule has 0 amide bonds. The van der Waals surface area contributed by atoms with Crippen LogP contribution in [-0.4, -0.2) is 49.2 Å². The monoisotopic (exact) mass is 295 g/mol. The van der Waals surface area contributed by atoms with E-state index in [-0.39, 0.29) is 13.2 Å². The summed E-state index contributed by atoms with van der Waals surface area (Å²) >= 11 is 0. The van der Waals surface area contributed by atoms with Gasteiger partial charge in [0.05, 0.1) is 7.11 Å². The zero-order valence-electron chi connectivity index (χ0n) is 12.5. The van der Waals surface area contributed by atoms with Crippen LogP contribution in [0, 0.1) is 5.92 Å². The van der Waals surface area contributed by atoms with E-state index in [4.69, 9.17) is 9.47 Å². The van der Waals surface area contributed by atoms with E-state index in [2.05, 4.69) is 5.32 Å². The van der Waals surface area contributed by atoms with Crippen molar-refractivity contribution in [2.75, 3.05) is 26.9 Å². The van der Waals surface area contributed by atoms with Crippen molar-refractivity contribution in [3.8, 4) is 11.5 Å². The first kappa shape index (κ1) is 16.1. The molecule has 0 heterocycles. The Bertz CT molecular complexity index is 409. The van der Waals surface area contributed by atoms with E-state index >= 15 is 0 Å². The topological polar surface area (TPSA) is 71.0 Å². The van der Waals surface area contributed by atoms with Crippen LogP contribution in [-0.2, 0) is 0 Å². The molecular weight excluding hydrogens is 270 g/mol. The van der Waals surface area contributed by atoms with Crippen molar-refractivity contribution in [3.05, 3.63) is 24.3 Å². The van der Waals surface area contributed by atoms with Crippen LogP contribution in [0.25, 0.3) is 0 Å². The predicted molar refractivity (Wildman–Crippen MR) is 80.7 cm³/mol. The standard InChI is InChI=1S/C16H25NO4/c1-20-14-5-7-15(8-6-14)21-11-13(19)9-17-16-4-2-3-12(16)10-18/h5-8,12-13,16-19H,2-4,9-11H2,1H3. The van der Waals surface area contributed by atoms with Crippen LogP contribution >= 0.6 is 0 Å². The van der Waals surface area contributed by atoms with Crippen LogP contribution in [0.3, 0.4) is 0 Å². The lowest BCUT2D eigenvalue weighted by atomic mass is 10.1. The third kappa shape index (κ3) is 4.88. The quantitative estimate of drug-likeness (QED) is 0.672. The van der Waals surface area contributed by atoms with Gasteiger partial charge in [-0.05, 0) is 43.0 Å². The average Bonchev–Trinajstić information content (AvgIpc) is 2.99. The Balaban J connectivity index is 1.68. The molecule has 3 unspecified atom stereocenters. The van der Waals surface area contributed by atoms with Gasteiger partial charge in [-0.1, -0.05) is 6.42 Å². The highest BCUT2D eigenvalue weighted by atomic mass is 16.5. The molecule has 0 bridgehead atoms. The maximum atomic E-state index is 9.96. The number of methoxy groups -OCH3 is 1. The van der Waals surface area contributed by atoms with Gasteiger partial charge in [-0.2, -0.15) is 0 Å². The largest absolute Gasteiger partial charge is 0.497 e. The third-order valence-electron chi connectivity index (χ3n) is 4.01. The number of nitrogens with one attached hydrogen (secondary N) is 1. The van der Waals surface area contributed by atoms with E-state index in [0.717, 1.165) is 25.0 Å². The van der Waals surface area contributed by atoms with E-state index in [1.54, 1.807) is 7.11 Å². The molecule has 5 heteroatoms. The maximum Gasteiger partial charge on any atom is 0.119 e. The highest BCUT2D eigenvalue weighted by molar-refractivity contribution is 5.31. The molecule has 118 valence electrons. The number of aliphatic hydroxyl groups is 2. The summed E-state index contributed by atoms with van der Waals surface area (Å²) in [6.45, 7) is 0.948. The first-order valence-electron chi connectivity index (χ1n) is 7.52. The average molecular weight is 295 g/mol. The van der Waals surface area contributed by atoms with Crippen LogP contribution in [0.4, 0.5) is 0 Å². The second kappa shape index (κ2) is 8.22. The minimum absolute atomic E-state index is 0.218. The number of benzene rings is 1. The Morgan fingerprint density at radius 3 is 2.62 bits per heavy atom. The minimum atomic E-state index is -0.563. The van der Waals surface area contributed by atoms with Gasteiger partial charge in [0.2, 0.25) is 0 Å². The van der Waals surface area contributed by atoms with E-state index in [1.165, 1.54) is 0 Å². The molecule has 0 radical (unpaired) electrons. The summed E-state index contributed by atoms with van der Waals surface area (Å²) in [6, 6.07) is 7.59. The molecule has 1 fully saturated rings. The zero-order chi connectivity index (χ0) is 15.1. The van der Waals surface area contributed by atoms with Crippen LogP contribution in [0.5, 0.6) is 11.5 Å². The smallest absolute Gasteiger partial charge is 0.119 e. The summed E-state index contributed by atoms with van der Waals surface area (Å²) in [6.07, 6.45) is 2.71. The van der Waals surface area contributed by atoms with Crippen LogP contribution in [0.15, 0.2) is 24.3 Å². The van der Waals surface area contributed by atoms with E-state index in [1.807, 2.05) is 24.3 Å². The molecule has 3 N–H and O–H groups in total. The molecule has 0 saturated heterocycles. The number of rotatable bonds is 8. The van der Waals surface area contributed by atoms with Gasteiger partial charge < -0.3 is 25.0 Å². The third-order valence-corrected chi connectivity index (χ3v) is 4.01. The summed E-state index contributed by atoms with van der Waals surface area (Å²) < 4.78 is 10.6. The molecule has 1 aromatic rings. The highest BCUT2D eigenvalue weighted by Gasteiger charge is 2.26. The zero-order valence-corrected chi connectivity index (χ0v) is 12.5. The molecule has 21 heavy (non-hydrogen) atoms. The Morgan fingerprint density at radius 1 is 1.24 bits per heavy atom. The minimum Gasteiger partial charge on any atom is -0.497 e. The number of hydrogen-bond acceptors (Lipinski definition) is 5. The van der Waals surface area contributed by atoms with Crippen LogP contribution in [0.2, 0.25) is 0 Å². The van der Waals surface area contributed by atoms with Gasteiger partial charge in [-0.15, -0.1) is 0 Å². The van der Waals surface area contributed by atoms with Gasteiger partial charge in [0.15, 0.2) is 0 Å². The fourth-order valence-electron chi connectivity index (χ4n) is 2.73. The Labute approximate surface area is 125 Å². The molecular formula is C16H25NO4. The molecule has 2 rings (SSSR count). The Morgan fingerprint density at radius 2 is 1.95 bits per heavy atom. The number of ether oxygens (including phenoxy) is 2. The summed E-state index contributed by atoms with van der Waals surface area (Å²) in [5.41, 5.74) is 0. The van der Waals surface area contributed by atoms with Gasteiger partial charge in [0.25, 0.3) is 0 Å². The fraction of sp³-hybridized carbons (Fsp3) is 0.625. The molecule has 0 spiro atoms. The lowest BCUT2D eigenvalue weighted by Crippen LogP contribution is -2.40. The molecule has 0 aliphatic heterocycles. The van der Waals surface area contributed by atoms with Crippen molar-refractivity contribution < 1.29 is 19.7 Å². The molecule has 0 aromatic heterocycles. The second-order valence-electron chi connectivity index (χ2n) is 5.53. The van der Waals surface area contributed by atoms with Gasteiger partial charge in [-0.25, -0.2) is 0 Å². The first-order chi connectivity index (χ1) is 10.2. The highest BCUT2D eigenvalue weighted by Crippen LogP contribution is 2.24. The lowest BCUT2D eigenvalue weighted by Gasteiger charge is -2.21. The summed E-state index contributed by atoms with van der Waals surface area (Å²) in [4.78, 5) is 0. The van der Waals surface area contributed by atoms with Crippen molar-refractivity contribution in [1.29, 1.82) is 0 Å². The maximum absolute atomic E-state index is 9.96. The van der Waals surface area contributed by atoms with Crippen LogP contribution < -0.4 is 14.8 Å². The first-order valence-corrected chi connectivity index (χ1v) is 7.52. The van der Waals surface area contributed by atoms with Gasteiger partial charge in [0, 0.05) is 19.2 Å². The van der Waals surface area contributed by atoms with E-state index in [0.29, 0.717) is 24.3 Å². The van der Waals surface area contributed by atoms with Crippen molar-refractivity contribution in [2.24, 2.45) is 5.92 Å². The Hall–Kier alpha value is -1.30.